The molecule has 0 aromatic heterocycles. The van der Waals surface area contributed by atoms with Crippen LogP contribution in [0.3, 0.4) is 0 Å². The van der Waals surface area contributed by atoms with E-state index < -0.39 is 17.0 Å². The van der Waals surface area contributed by atoms with Gasteiger partial charge in [0.05, 0.1) is 10.5 Å². The van der Waals surface area contributed by atoms with Crippen LogP contribution in [0.2, 0.25) is 0 Å². The van der Waals surface area contributed by atoms with E-state index in [1.807, 2.05) is 0 Å². The number of carbonyl (C=O) groups is 2. The maximum atomic E-state index is 12.5. The van der Waals surface area contributed by atoms with Gasteiger partial charge in [-0.2, -0.15) is 0 Å². The maximum Gasteiger partial charge on any atom is 0.340 e. The molecule has 8 heteroatoms. The summed E-state index contributed by atoms with van der Waals surface area (Å²) in [5.41, 5.74) is 0.902. The summed E-state index contributed by atoms with van der Waals surface area (Å²) in [6.07, 6.45) is 2.39. The molecule has 0 amide bonds. The fraction of sp³-hybridized carbons (Fsp3) is 0.200. The third kappa shape index (κ3) is 3.49. The molecule has 4 rings (SSSR count). The molecule has 1 fully saturated rings. The zero-order chi connectivity index (χ0) is 19.7. The highest BCUT2D eigenvalue weighted by Crippen LogP contribution is 2.35. The number of nitro benzene ring substituents is 1. The minimum Gasteiger partial charge on any atom is -0.452 e. The lowest BCUT2D eigenvalue weighted by Crippen LogP contribution is -2.24. The van der Waals surface area contributed by atoms with Crippen LogP contribution in [0.5, 0.6) is 11.5 Å². The van der Waals surface area contributed by atoms with E-state index >= 15 is 0 Å². The molecule has 28 heavy (non-hydrogen) atoms. The van der Waals surface area contributed by atoms with E-state index in [-0.39, 0.29) is 28.7 Å². The van der Waals surface area contributed by atoms with Gasteiger partial charge < -0.3 is 14.2 Å². The van der Waals surface area contributed by atoms with Gasteiger partial charge in [0.1, 0.15) is 11.5 Å². The molecule has 0 spiro atoms. The van der Waals surface area contributed by atoms with Crippen molar-refractivity contribution in [3.8, 4) is 11.5 Å². The van der Waals surface area contributed by atoms with Crippen molar-refractivity contribution in [2.24, 2.45) is 0 Å². The largest absolute Gasteiger partial charge is 0.452 e. The number of nitrogens with zero attached hydrogens (tertiary/aromatic N) is 1. The van der Waals surface area contributed by atoms with Gasteiger partial charge in [0.2, 0.25) is 5.78 Å². The molecule has 142 valence electrons. The molecule has 1 atom stereocenters. The maximum absolute atomic E-state index is 12.5. The van der Waals surface area contributed by atoms with E-state index in [0.717, 1.165) is 6.42 Å². The van der Waals surface area contributed by atoms with Crippen molar-refractivity contribution in [3.05, 3.63) is 69.5 Å². The molecule has 0 saturated carbocycles. The summed E-state index contributed by atoms with van der Waals surface area (Å²) in [5.74, 6) is -0.139. The molecule has 2 aliphatic heterocycles. The quantitative estimate of drug-likeness (QED) is 0.263. The standard InChI is InChI=1S/C20H15NO7/c22-19-15-8-7-14(27-20(23)16-2-1-9-26-16)11-17(15)28-18(19)10-12-3-5-13(6-4-12)21(24)25/h3-8,10-11,16H,1-2,9H2/b18-10-. The highest BCUT2D eigenvalue weighted by Gasteiger charge is 2.29. The molecule has 1 unspecified atom stereocenters. The second kappa shape index (κ2) is 7.24. The summed E-state index contributed by atoms with van der Waals surface area (Å²) in [7, 11) is 0. The van der Waals surface area contributed by atoms with Crippen LogP contribution in [0.1, 0.15) is 28.8 Å². The Balaban J connectivity index is 1.51. The van der Waals surface area contributed by atoms with Gasteiger partial charge in [0.25, 0.3) is 5.69 Å². The van der Waals surface area contributed by atoms with Crippen molar-refractivity contribution in [3.63, 3.8) is 0 Å². The lowest BCUT2D eigenvalue weighted by Gasteiger charge is -2.09. The Labute approximate surface area is 159 Å². The first-order valence-electron chi connectivity index (χ1n) is 8.67. The lowest BCUT2D eigenvalue weighted by molar-refractivity contribution is -0.384. The fourth-order valence-corrected chi connectivity index (χ4v) is 3.02. The molecule has 0 bridgehead atoms. The number of esters is 1. The molecule has 0 aliphatic carbocycles. The highest BCUT2D eigenvalue weighted by molar-refractivity contribution is 6.14. The first kappa shape index (κ1) is 17.9. The first-order valence-corrected chi connectivity index (χ1v) is 8.67. The topological polar surface area (TPSA) is 105 Å². The monoisotopic (exact) mass is 381 g/mol. The number of benzene rings is 2. The Morgan fingerprint density at radius 1 is 1.21 bits per heavy atom. The normalized spacial score (nSPS) is 19.4. The van der Waals surface area contributed by atoms with Crippen LogP contribution < -0.4 is 9.47 Å². The van der Waals surface area contributed by atoms with Crippen LogP contribution in [0.4, 0.5) is 5.69 Å². The number of rotatable bonds is 4. The number of Topliss-reactive ketones (excluding diaryl/α,β-unsaturated/α-hetero) is 1. The van der Waals surface area contributed by atoms with Gasteiger partial charge in [0.15, 0.2) is 11.9 Å². The molecular formula is C20H15NO7. The van der Waals surface area contributed by atoms with Crippen molar-refractivity contribution in [1.29, 1.82) is 0 Å². The zero-order valence-electron chi connectivity index (χ0n) is 14.6. The van der Waals surface area contributed by atoms with Gasteiger partial charge in [-0.1, -0.05) is 0 Å². The van der Waals surface area contributed by atoms with Crippen LogP contribution in [-0.2, 0) is 9.53 Å². The Hall–Kier alpha value is -3.52. The average molecular weight is 381 g/mol. The van der Waals surface area contributed by atoms with Gasteiger partial charge in [-0.15, -0.1) is 0 Å². The van der Waals surface area contributed by atoms with Gasteiger partial charge in [-0.25, -0.2) is 4.79 Å². The molecular weight excluding hydrogens is 366 g/mol. The molecule has 2 aliphatic rings. The van der Waals surface area contributed by atoms with Crippen LogP contribution in [-0.4, -0.2) is 29.4 Å². The lowest BCUT2D eigenvalue weighted by atomic mass is 10.1. The van der Waals surface area contributed by atoms with Gasteiger partial charge in [-0.05, 0) is 48.7 Å². The molecule has 2 aromatic carbocycles. The van der Waals surface area contributed by atoms with Crippen molar-refractivity contribution in [2.75, 3.05) is 6.61 Å². The molecule has 2 heterocycles. The Bertz CT molecular complexity index is 988. The van der Waals surface area contributed by atoms with E-state index in [0.29, 0.717) is 24.2 Å². The number of carbonyl (C=O) groups excluding carboxylic acids is 2. The van der Waals surface area contributed by atoms with E-state index in [1.54, 1.807) is 0 Å². The minimum absolute atomic E-state index is 0.0400. The number of hydrogen-bond acceptors (Lipinski definition) is 7. The summed E-state index contributed by atoms with van der Waals surface area (Å²) in [5, 5.41) is 10.7. The second-order valence-corrected chi connectivity index (χ2v) is 6.37. The number of non-ortho nitro benzene ring substituents is 1. The zero-order valence-corrected chi connectivity index (χ0v) is 14.6. The Kier molecular flexibility index (Phi) is 4.62. The van der Waals surface area contributed by atoms with Crippen molar-refractivity contribution < 1.29 is 28.7 Å². The van der Waals surface area contributed by atoms with Gasteiger partial charge in [-0.3, -0.25) is 14.9 Å². The molecule has 2 aromatic rings. The number of hydrogen-bond donors (Lipinski definition) is 0. The first-order chi connectivity index (χ1) is 13.5. The second-order valence-electron chi connectivity index (χ2n) is 6.37. The van der Waals surface area contributed by atoms with Gasteiger partial charge in [0, 0.05) is 24.8 Å². The Morgan fingerprint density at radius 2 is 2.00 bits per heavy atom. The summed E-state index contributed by atoms with van der Waals surface area (Å²) >= 11 is 0. The number of ketones is 1. The van der Waals surface area contributed by atoms with Crippen LogP contribution in [0, 0.1) is 10.1 Å². The highest BCUT2D eigenvalue weighted by atomic mass is 16.6. The van der Waals surface area contributed by atoms with Crippen LogP contribution in [0.15, 0.2) is 48.2 Å². The van der Waals surface area contributed by atoms with Crippen LogP contribution >= 0.6 is 0 Å². The number of ether oxygens (including phenoxy) is 3. The predicted octanol–water partition coefficient (Wildman–Crippen LogP) is 3.30. The molecule has 1 saturated heterocycles. The molecule has 0 radical (unpaired) electrons. The minimum atomic E-state index is -0.562. The number of nitro groups is 1. The summed E-state index contributed by atoms with van der Waals surface area (Å²) in [6, 6.07) is 10.3. The average Bonchev–Trinajstić information content (AvgIpc) is 3.31. The molecule has 0 N–H and O–H groups in total. The summed E-state index contributed by atoms with van der Waals surface area (Å²) in [4.78, 5) is 34.8. The third-order valence-electron chi connectivity index (χ3n) is 4.45. The fourth-order valence-electron chi connectivity index (χ4n) is 3.02. The summed E-state index contributed by atoms with van der Waals surface area (Å²) < 4.78 is 16.2. The third-order valence-corrected chi connectivity index (χ3v) is 4.45. The molecule has 8 nitrogen and oxygen atoms in total. The van der Waals surface area contributed by atoms with E-state index in [4.69, 9.17) is 14.2 Å². The van der Waals surface area contributed by atoms with E-state index in [1.165, 1.54) is 48.5 Å². The SMILES string of the molecule is O=C1/C(=C/c2ccc([N+](=O)[O-])cc2)Oc2cc(OC(=O)C3CCCO3)ccc21. The van der Waals surface area contributed by atoms with Gasteiger partial charge >= 0.3 is 5.97 Å². The predicted molar refractivity (Wildman–Crippen MR) is 97.1 cm³/mol. The number of allylic oxidation sites excluding steroid dienone is 1. The van der Waals surface area contributed by atoms with Crippen molar-refractivity contribution in [1.82, 2.24) is 0 Å². The number of fused-ring (bicyclic) bond motifs is 1. The summed E-state index contributed by atoms with van der Waals surface area (Å²) in [6.45, 7) is 0.540. The Morgan fingerprint density at radius 3 is 2.68 bits per heavy atom. The van der Waals surface area contributed by atoms with E-state index in [9.17, 15) is 19.7 Å². The van der Waals surface area contributed by atoms with Crippen molar-refractivity contribution >= 4 is 23.5 Å². The smallest absolute Gasteiger partial charge is 0.340 e. The van der Waals surface area contributed by atoms with Crippen molar-refractivity contribution in [2.45, 2.75) is 18.9 Å². The van der Waals surface area contributed by atoms with Crippen LogP contribution in [0.25, 0.3) is 6.08 Å². The van der Waals surface area contributed by atoms with E-state index in [2.05, 4.69) is 0 Å².